The SMILES string of the molecule is CF.CF.C[n+]1ccc(C(=O)NCCC(=O)O)cn1. The maximum atomic E-state index is 11.4. The molecule has 0 unspecified atom stereocenters. The Bertz CT molecular complexity index is 372. The van der Waals surface area contributed by atoms with Crippen LogP contribution in [0.4, 0.5) is 8.78 Å². The number of carbonyl (C=O) groups is 2. The van der Waals surface area contributed by atoms with Crippen molar-refractivity contribution >= 4 is 11.9 Å². The standard InChI is InChI=1S/C9H11N3O3.2CH3F/c1-12-5-3-7(6-11-12)9(15)10-4-2-8(13)14;2*1-2/h3,5-6H,2,4H2,1H3,(H-,10,13,14,15);2*1H3/p+1. The smallest absolute Gasteiger partial charge is 0.305 e. The molecule has 0 aliphatic rings. The minimum Gasteiger partial charge on any atom is -0.481 e. The van der Waals surface area contributed by atoms with Gasteiger partial charge in [-0.3, -0.25) is 18.4 Å². The second-order valence-electron chi connectivity index (χ2n) is 2.99. The van der Waals surface area contributed by atoms with Crippen molar-refractivity contribution in [1.29, 1.82) is 0 Å². The van der Waals surface area contributed by atoms with Gasteiger partial charge in [-0.05, 0) is 5.10 Å². The maximum absolute atomic E-state index is 11.4. The summed E-state index contributed by atoms with van der Waals surface area (Å²) < 4.78 is 20.6. The van der Waals surface area contributed by atoms with Crippen LogP contribution in [0, 0.1) is 0 Å². The molecule has 8 heteroatoms. The lowest BCUT2D eigenvalue weighted by Gasteiger charge is -2.01. The van der Waals surface area contributed by atoms with Gasteiger partial charge in [0.25, 0.3) is 5.91 Å². The number of amides is 1. The van der Waals surface area contributed by atoms with Crippen LogP contribution >= 0.6 is 0 Å². The summed E-state index contributed by atoms with van der Waals surface area (Å²) in [6.07, 6.45) is 2.99. The third-order valence-electron chi connectivity index (χ3n) is 1.74. The van der Waals surface area contributed by atoms with Crippen LogP contribution in [-0.4, -0.2) is 43.0 Å². The quantitative estimate of drug-likeness (QED) is 0.775. The predicted octanol–water partition coefficient (Wildman–Crippen LogP) is 0.282. The van der Waals surface area contributed by atoms with Crippen LogP contribution < -0.4 is 10.00 Å². The molecule has 19 heavy (non-hydrogen) atoms. The van der Waals surface area contributed by atoms with Crippen molar-refractivity contribution in [2.45, 2.75) is 6.42 Å². The molecule has 1 heterocycles. The molecule has 0 spiro atoms. The summed E-state index contributed by atoms with van der Waals surface area (Å²) in [5.41, 5.74) is 0.415. The van der Waals surface area contributed by atoms with E-state index in [9.17, 15) is 18.4 Å². The maximum Gasteiger partial charge on any atom is 0.305 e. The Labute approximate surface area is 110 Å². The van der Waals surface area contributed by atoms with Gasteiger partial charge in [0.1, 0.15) is 6.20 Å². The number of carboxylic acid groups (broad SMARTS) is 1. The molecule has 0 radical (unpaired) electrons. The Morgan fingerprint density at radius 2 is 1.95 bits per heavy atom. The number of nitrogens with zero attached hydrogens (tertiary/aromatic N) is 2. The molecular weight excluding hydrogens is 260 g/mol. The van der Waals surface area contributed by atoms with Crippen LogP contribution in [0.3, 0.4) is 0 Å². The van der Waals surface area contributed by atoms with E-state index in [2.05, 4.69) is 10.4 Å². The second-order valence-corrected chi connectivity index (χ2v) is 2.99. The minimum atomic E-state index is -0.937. The molecule has 0 aliphatic carbocycles. The fourth-order valence-electron chi connectivity index (χ4n) is 0.942. The van der Waals surface area contributed by atoms with Crippen molar-refractivity contribution in [2.75, 3.05) is 20.9 Å². The van der Waals surface area contributed by atoms with E-state index in [0.717, 1.165) is 0 Å². The van der Waals surface area contributed by atoms with E-state index in [1.54, 1.807) is 24.0 Å². The number of aromatic nitrogens is 2. The Balaban J connectivity index is 0. The molecule has 0 atom stereocenters. The zero-order valence-corrected chi connectivity index (χ0v) is 11.1. The Morgan fingerprint density at radius 3 is 2.37 bits per heavy atom. The van der Waals surface area contributed by atoms with Crippen LogP contribution in [-0.2, 0) is 11.8 Å². The molecule has 0 fully saturated rings. The van der Waals surface area contributed by atoms with Gasteiger partial charge in [-0.2, -0.15) is 0 Å². The Hall–Kier alpha value is -2.12. The first-order valence-electron chi connectivity index (χ1n) is 5.17. The monoisotopic (exact) mass is 278 g/mol. The van der Waals surface area contributed by atoms with Crippen LogP contribution in [0.2, 0.25) is 0 Å². The minimum absolute atomic E-state index is 0.0836. The van der Waals surface area contributed by atoms with E-state index in [1.165, 1.54) is 6.20 Å². The molecular formula is C11H18F2N3O3+. The summed E-state index contributed by atoms with van der Waals surface area (Å²) in [4.78, 5) is 21.6. The molecule has 1 rings (SSSR count). The van der Waals surface area contributed by atoms with Gasteiger partial charge in [0.2, 0.25) is 0 Å². The fraction of sp³-hybridized carbons (Fsp3) is 0.455. The third kappa shape index (κ3) is 9.57. The van der Waals surface area contributed by atoms with E-state index in [1.807, 2.05) is 0 Å². The number of carboxylic acids is 1. The number of nitrogens with one attached hydrogen (secondary N) is 1. The van der Waals surface area contributed by atoms with Crippen molar-refractivity contribution in [3.8, 4) is 0 Å². The number of hydrogen-bond acceptors (Lipinski definition) is 3. The van der Waals surface area contributed by atoms with Crippen LogP contribution in [0.25, 0.3) is 0 Å². The van der Waals surface area contributed by atoms with Crippen LogP contribution in [0.15, 0.2) is 18.5 Å². The van der Waals surface area contributed by atoms with Gasteiger partial charge in [-0.25, -0.2) is 0 Å². The average Bonchev–Trinajstić information content (AvgIpc) is 2.43. The first kappa shape index (κ1) is 19.2. The summed E-state index contributed by atoms with van der Waals surface area (Å²) in [5, 5.41) is 14.7. The molecule has 0 aromatic carbocycles. The lowest BCUT2D eigenvalue weighted by Crippen LogP contribution is -2.33. The van der Waals surface area contributed by atoms with Gasteiger partial charge in [-0.15, -0.1) is 0 Å². The summed E-state index contributed by atoms with van der Waals surface area (Å²) in [6.45, 7) is 0.120. The third-order valence-corrected chi connectivity index (χ3v) is 1.74. The lowest BCUT2D eigenvalue weighted by molar-refractivity contribution is -0.730. The number of rotatable bonds is 4. The second kappa shape index (κ2) is 12.3. The van der Waals surface area contributed by atoms with Gasteiger partial charge in [0.15, 0.2) is 13.2 Å². The van der Waals surface area contributed by atoms with E-state index in [4.69, 9.17) is 5.11 Å². The highest BCUT2D eigenvalue weighted by molar-refractivity contribution is 5.93. The first-order valence-corrected chi connectivity index (χ1v) is 5.17. The highest BCUT2D eigenvalue weighted by Gasteiger charge is 2.07. The van der Waals surface area contributed by atoms with Crippen LogP contribution in [0.1, 0.15) is 16.8 Å². The summed E-state index contributed by atoms with van der Waals surface area (Å²) in [5.74, 6) is -1.25. The zero-order chi connectivity index (χ0) is 15.3. The van der Waals surface area contributed by atoms with Crippen molar-refractivity contribution in [3.63, 3.8) is 0 Å². The highest BCUT2D eigenvalue weighted by Crippen LogP contribution is 1.92. The fourth-order valence-corrected chi connectivity index (χ4v) is 0.942. The van der Waals surface area contributed by atoms with E-state index in [0.29, 0.717) is 19.9 Å². The predicted molar refractivity (Wildman–Crippen MR) is 64.1 cm³/mol. The number of aliphatic carboxylic acids is 1. The van der Waals surface area contributed by atoms with E-state index in [-0.39, 0.29) is 18.9 Å². The van der Waals surface area contributed by atoms with E-state index >= 15 is 0 Å². The van der Waals surface area contributed by atoms with E-state index < -0.39 is 5.97 Å². The number of halogens is 2. The normalized spacial score (nSPS) is 8.26. The molecule has 0 saturated heterocycles. The van der Waals surface area contributed by atoms with Crippen molar-refractivity contribution in [3.05, 3.63) is 24.0 Å². The van der Waals surface area contributed by atoms with Gasteiger partial charge in [0, 0.05) is 12.6 Å². The van der Waals surface area contributed by atoms with Gasteiger partial charge >= 0.3 is 5.97 Å². The summed E-state index contributed by atoms with van der Waals surface area (Å²) in [6, 6.07) is 1.61. The molecule has 0 saturated carbocycles. The van der Waals surface area contributed by atoms with Crippen molar-refractivity contribution < 1.29 is 28.2 Å². The van der Waals surface area contributed by atoms with Gasteiger partial charge in [-0.1, -0.05) is 4.68 Å². The Kier molecular flexibility index (Phi) is 12.5. The average molecular weight is 278 g/mol. The molecule has 6 nitrogen and oxygen atoms in total. The highest BCUT2D eigenvalue weighted by atomic mass is 19.1. The summed E-state index contributed by atoms with van der Waals surface area (Å²) >= 11 is 0. The Morgan fingerprint density at radius 1 is 1.37 bits per heavy atom. The molecule has 0 aliphatic heterocycles. The molecule has 1 aromatic rings. The van der Waals surface area contributed by atoms with Gasteiger partial charge < -0.3 is 10.4 Å². The molecule has 2 N–H and O–H groups in total. The number of aryl methyl sites for hydroxylation is 1. The van der Waals surface area contributed by atoms with Gasteiger partial charge in [0.05, 0.1) is 26.3 Å². The topological polar surface area (TPSA) is 83.2 Å². The number of carbonyl (C=O) groups excluding carboxylic acids is 1. The number of hydrogen-bond donors (Lipinski definition) is 2. The van der Waals surface area contributed by atoms with Crippen molar-refractivity contribution in [1.82, 2.24) is 10.4 Å². The number of alkyl halides is 2. The first-order chi connectivity index (χ1) is 9.09. The molecule has 1 aromatic heterocycles. The van der Waals surface area contributed by atoms with Crippen molar-refractivity contribution in [2.24, 2.45) is 7.05 Å². The lowest BCUT2D eigenvalue weighted by atomic mass is 10.3. The molecule has 0 bridgehead atoms. The summed E-state index contributed by atoms with van der Waals surface area (Å²) in [7, 11) is 2.74. The molecule has 108 valence electrons. The molecule has 1 amide bonds. The zero-order valence-electron chi connectivity index (χ0n) is 11.1. The van der Waals surface area contributed by atoms with Crippen LogP contribution in [0.5, 0.6) is 0 Å². The largest absolute Gasteiger partial charge is 0.481 e.